The molecule has 8 heteroatoms. The van der Waals surface area contributed by atoms with Gasteiger partial charge in [-0.15, -0.1) is 0 Å². The van der Waals surface area contributed by atoms with Crippen molar-refractivity contribution in [1.82, 2.24) is 10.3 Å². The zero-order valence-corrected chi connectivity index (χ0v) is 18.5. The number of ether oxygens (including phenoxy) is 3. The van der Waals surface area contributed by atoms with E-state index >= 15 is 0 Å². The van der Waals surface area contributed by atoms with Crippen molar-refractivity contribution >= 4 is 11.9 Å². The second-order valence-corrected chi connectivity index (χ2v) is 7.33. The number of aromatic hydroxyl groups is 1. The van der Waals surface area contributed by atoms with Crippen LogP contribution in [0.1, 0.15) is 44.6 Å². The van der Waals surface area contributed by atoms with Crippen molar-refractivity contribution < 1.29 is 28.9 Å². The highest BCUT2D eigenvalue weighted by Crippen LogP contribution is 2.27. The molecule has 8 nitrogen and oxygen atoms in total. The van der Waals surface area contributed by atoms with Gasteiger partial charge in [-0.25, -0.2) is 9.78 Å². The number of carbonyl (C=O) groups is 2. The Kier molecular flexibility index (Phi) is 8.66. The van der Waals surface area contributed by atoms with Gasteiger partial charge in [-0.3, -0.25) is 4.79 Å². The lowest BCUT2D eigenvalue weighted by Gasteiger charge is -2.30. The number of pyridine rings is 1. The van der Waals surface area contributed by atoms with Crippen molar-refractivity contribution in [3.63, 3.8) is 0 Å². The van der Waals surface area contributed by atoms with Gasteiger partial charge < -0.3 is 24.6 Å². The Bertz CT molecular complexity index is 874. The molecule has 0 aliphatic heterocycles. The van der Waals surface area contributed by atoms with Crippen molar-refractivity contribution in [1.29, 1.82) is 0 Å². The van der Waals surface area contributed by atoms with Crippen molar-refractivity contribution in [2.45, 2.75) is 52.4 Å². The van der Waals surface area contributed by atoms with Crippen LogP contribution in [0.4, 0.5) is 0 Å². The summed E-state index contributed by atoms with van der Waals surface area (Å²) in [5, 5.41) is 12.6. The van der Waals surface area contributed by atoms with Crippen LogP contribution in [0, 0.1) is 5.92 Å². The van der Waals surface area contributed by atoms with Crippen LogP contribution < -0.4 is 14.8 Å². The van der Waals surface area contributed by atoms with Gasteiger partial charge in [0.25, 0.3) is 5.91 Å². The monoisotopic (exact) mass is 430 g/mol. The van der Waals surface area contributed by atoms with Crippen LogP contribution in [0.5, 0.6) is 17.2 Å². The minimum Gasteiger partial charge on any atom is -0.503 e. The molecule has 0 radical (unpaired) electrons. The molecule has 2 rings (SSSR count). The van der Waals surface area contributed by atoms with Gasteiger partial charge in [-0.2, -0.15) is 0 Å². The van der Waals surface area contributed by atoms with E-state index in [0.29, 0.717) is 5.75 Å². The summed E-state index contributed by atoms with van der Waals surface area (Å²) < 4.78 is 16.6. The molecule has 0 saturated heterocycles. The highest BCUT2D eigenvalue weighted by molar-refractivity contribution is 5.97. The number of carbonyl (C=O) groups excluding carboxylic acids is 2. The number of hydrogen-bond donors (Lipinski definition) is 2. The van der Waals surface area contributed by atoms with Gasteiger partial charge in [0, 0.05) is 12.3 Å². The number of para-hydroxylation sites is 1. The van der Waals surface area contributed by atoms with Gasteiger partial charge in [0.2, 0.25) is 0 Å². The number of aromatic nitrogens is 1. The molecule has 1 amide bonds. The molecule has 31 heavy (non-hydrogen) atoms. The van der Waals surface area contributed by atoms with Crippen LogP contribution in [0.15, 0.2) is 42.6 Å². The predicted molar refractivity (Wildman–Crippen MR) is 115 cm³/mol. The molecular weight excluding hydrogens is 400 g/mol. The number of hydrogen-bond acceptors (Lipinski definition) is 7. The van der Waals surface area contributed by atoms with Gasteiger partial charge >= 0.3 is 5.97 Å². The first kappa shape index (κ1) is 24.0. The van der Waals surface area contributed by atoms with Gasteiger partial charge in [-0.1, -0.05) is 32.0 Å². The van der Waals surface area contributed by atoms with E-state index in [4.69, 9.17) is 14.2 Å². The minimum absolute atomic E-state index is 0.110. The Hall–Kier alpha value is -3.29. The molecule has 1 aromatic heterocycles. The molecule has 0 fully saturated rings. The van der Waals surface area contributed by atoms with Crippen molar-refractivity contribution in [2.75, 3.05) is 7.11 Å². The first-order chi connectivity index (χ1) is 14.8. The van der Waals surface area contributed by atoms with Crippen LogP contribution >= 0.6 is 0 Å². The Morgan fingerprint density at radius 1 is 1.13 bits per heavy atom. The highest BCUT2D eigenvalue weighted by atomic mass is 16.6. The molecule has 1 aromatic carbocycles. The largest absolute Gasteiger partial charge is 0.503 e. The smallest absolute Gasteiger partial charge is 0.328 e. The summed E-state index contributed by atoms with van der Waals surface area (Å²) in [5.41, 5.74) is -0.239. The maximum absolute atomic E-state index is 12.6. The maximum Gasteiger partial charge on any atom is 0.328 e. The summed E-state index contributed by atoms with van der Waals surface area (Å²) in [4.78, 5) is 28.9. The summed E-state index contributed by atoms with van der Waals surface area (Å²) in [7, 11) is 1.36. The Balaban J connectivity index is 2.03. The summed E-state index contributed by atoms with van der Waals surface area (Å²) in [6.45, 7) is 7.33. The number of esters is 1. The molecule has 4 atom stereocenters. The van der Waals surface area contributed by atoms with Crippen molar-refractivity contribution in [3.05, 3.63) is 48.3 Å². The van der Waals surface area contributed by atoms with Gasteiger partial charge in [0.15, 0.2) is 17.2 Å². The number of methoxy groups -OCH3 is 1. The lowest BCUT2D eigenvalue weighted by molar-refractivity contribution is -0.156. The standard InChI is InChI=1S/C23H30N2O6/c1-6-14(2)21(31-17-10-8-7-9-11-17)16(4)30-23(28)15(3)25-22(27)19-20(26)18(29-5)12-13-24-19/h7-16,21,26H,6H2,1-5H3,(H,25,27)/t14-,15-,16-,21+/m0/s1. The maximum atomic E-state index is 12.6. The topological polar surface area (TPSA) is 107 Å². The van der Waals surface area contributed by atoms with Gasteiger partial charge in [0.05, 0.1) is 7.11 Å². The van der Waals surface area contributed by atoms with E-state index in [1.807, 2.05) is 44.2 Å². The Labute approximate surface area is 182 Å². The van der Waals surface area contributed by atoms with Crippen molar-refractivity contribution in [3.8, 4) is 17.2 Å². The SMILES string of the molecule is CC[C@H](C)[C@@H](Oc1ccccc1)[C@H](C)OC(=O)[C@H](C)NC(=O)c1nccc(OC)c1O. The predicted octanol–water partition coefficient (Wildman–Crippen LogP) is 3.34. The summed E-state index contributed by atoms with van der Waals surface area (Å²) in [6, 6.07) is 9.80. The second kappa shape index (κ2) is 11.2. The normalized spacial score (nSPS) is 14.6. The lowest BCUT2D eigenvalue weighted by Crippen LogP contribution is -2.44. The van der Waals surface area contributed by atoms with E-state index in [1.54, 1.807) is 6.92 Å². The quantitative estimate of drug-likeness (QED) is 0.557. The molecule has 0 bridgehead atoms. The lowest BCUT2D eigenvalue weighted by atomic mass is 9.97. The first-order valence-corrected chi connectivity index (χ1v) is 10.2. The molecular formula is C23H30N2O6. The third kappa shape index (κ3) is 6.34. The number of nitrogens with zero attached hydrogens (tertiary/aromatic N) is 1. The van der Waals surface area contributed by atoms with E-state index in [9.17, 15) is 14.7 Å². The number of amides is 1. The molecule has 2 aromatic rings. The molecule has 168 valence electrons. The Morgan fingerprint density at radius 3 is 2.42 bits per heavy atom. The summed E-state index contributed by atoms with van der Waals surface area (Å²) in [6.07, 6.45) is 1.26. The Morgan fingerprint density at radius 2 is 1.81 bits per heavy atom. The molecule has 0 aliphatic rings. The molecule has 0 spiro atoms. The minimum atomic E-state index is -0.961. The van der Waals surface area contributed by atoms with E-state index in [-0.39, 0.29) is 23.5 Å². The third-order valence-electron chi connectivity index (χ3n) is 5.01. The number of nitrogens with one attached hydrogen (secondary N) is 1. The third-order valence-corrected chi connectivity index (χ3v) is 5.01. The van der Waals surface area contributed by atoms with Crippen molar-refractivity contribution in [2.24, 2.45) is 5.92 Å². The molecule has 0 saturated carbocycles. The van der Waals surface area contributed by atoms with E-state index in [2.05, 4.69) is 10.3 Å². The average Bonchev–Trinajstić information content (AvgIpc) is 2.77. The zero-order chi connectivity index (χ0) is 23.0. The zero-order valence-electron chi connectivity index (χ0n) is 18.5. The molecule has 2 N–H and O–H groups in total. The fraction of sp³-hybridized carbons (Fsp3) is 0.435. The van der Waals surface area contributed by atoms with Crippen LogP contribution in [0.2, 0.25) is 0 Å². The summed E-state index contributed by atoms with van der Waals surface area (Å²) >= 11 is 0. The number of benzene rings is 1. The summed E-state index contributed by atoms with van der Waals surface area (Å²) in [5.74, 6) is -0.800. The average molecular weight is 431 g/mol. The van der Waals surface area contributed by atoms with E-state index in [1.165, 1.54) is 26.3 Å². The van der Waals surface area contributed by atoms with Gasteiger partial charge in [-0.05, 0) is 38.3 Å². The second-order valence-electron chi connectivity index (χ2n) is 7.33. The first-order valence-electron chi connectivity index (χ1n) is 10.2. The van der Waals surface area contributed by atoms with Crippen LogP contribution in [0.25, 0.3) is 0 Å². The molecule has 0 unspecified atom stereocenters. The van der Waals surface area contributed by atoms with Crippen LogP contribution in [-0.4, -0.2) is 47.3 Å². The fourth-order valence-corrected chi connectivity index (χ4v) is 3.01. The highest BCUT2D eigenvalue weighted by Gasteiger charge is 2.30. The molecule has 0 aliphatic carbocycles. The van der Waals surface area contributed by atoms with Crippen LogP contribution in [-0.2, 0) is 9.53 Å². The van der Waals surface area contributed by atoms with Gasteiger partial charge in [0.1, 0.15) is 24.0 Å². The molecule has 1 heterocycles. The van der Waals surface area contributed by atoms with E-state index in [0.717, 1.165) is 6.42 Å². The van der Waals surface area contributed by atoms with E-state index < -0.39 is 29.8 Å². The fourth-order valence-electron chi connectivity index (χ4n) is 3.01. The van der Waals surface area contributed by atoms with Crippen LogP contribution in [0.3, 0.4) is 0 Å². The number of rotatable bonds is 10.